The van der Waals surface area contributed by atoms with Crippen LogP contribution in [-0.2, 0) is 6.54 Å². The van der Waals surface area contributed by atoms with Crippen molar-refractivity contribution >= 4 is 27.9 Å². The molecule has 8 heteroatoms. The predicted molar refractivity (Wildman–Crippen MR) is 134 cm³/mol. The third kappa shape index (κ3) is 4.19. The van der Waals surface area contributed by atoms with Gasteiger partial charge in [0.05, 0.1) is 28.6 Å². The fraction of sp³-hybridized carbons (Fsp3) is 0.280. The summed E-state index contributed by atoms with van der Waals surface area (Å²) in [6.07, 6.45) is 0. The molecule has 2 aromatic carbocycles. The molecular formula is C25H26N4O3S. The van der Waals surface area contributed by atoms with Crippen molar-refractivity contribution in [1.82, 2.24) is 14.5 Å². The smallest absolute Gasteiger partial charge is 0.328 e. The number of methoxy groups -OCH3 is 1. The number of ether oxygens (including phenoxy) is 1. The van der Waals surface area contributed by atoms with E-state index in [-0.39, 0.29) is 11.2 Å². The minimum atomic E-state index is -0.351. The first-order valence-electron chi connectivity index (χ1n) is 11.1. The van der Waals surface area contributed by atoms with E-state index in [1.807, 2.05) is 53.9 Å². The third-order valence-electron chi connectivity index (χ3n) is 6.22. The van der Waals surface area contributed by atoms with Gasteiger partial charge >= 0.3 is 5.69 Å². The maximum Gasteiger partial charge on any atom is 0.328 e. The zero-order valence-electron chi connectivity index (χ0n) is 18.5. The second-order valence-electron chi connectivity index (χ2n) is 8.11. The van der Waals surface area contributed by atoms with Gasteiger partial charge in [-0.15, -0.1) is 11.3 Å². The molecule has 0 saturated carbocycles. The largest absolute Gasteiger partial charge is 0.495 e. The molecule has 1 saturated heterocycles. The number of H-pyrrole nitrogens is 1. The lowest BCUT2D eigenvalue weighted by molar-refractivity contribution is 0.245. The lowest BCUT2D eigenvalue weighted by Gasteiger charge is -2.36. The first-order chi connectivity index (χ1) is 16.2. The second-order valence-corrected chi connectivity index (χ2v) is 8.99. The highest BCUT2D eigenvalue weighted by Crippen LogP contribution is 2.31. The molecule has 1 aliphatic heterocycles. The first kappa shape index (κ1) is 21.5. The summed E-state index contributed by atoms with van der Waals surface area (Å²) in [6, 6.07) is 17.9. The number of hydrogen-bond donors (Lipinski definition) is 1. The lowest BCUT2D eigenvalue weighted by Crippen LogP contribution is -2.48. The van der Waals surface area contributed by atoms with E-state index in [0.717, 1.165) is 48.1 Å². The van der Waals surface area contributed by atoms with Crippen LogP contribution in [-0.4, -0.2) is 54.3 Å². The minimum absolute atomic E-state index is 0.222. The normalized spacial score (nSPS) is 14.6. The highest BCUT2D eigenvalue weighted by molar-refractivity contribution is 7.15. The van der Waals surface area contributed by atoms with Crippen LogP contribution in [0.15, 0.2) is 69.6 Å². The van der Waals surface area contributed by atoms with Gasteiger partial charge in [0.25, 0.3) is 5.56 Å². The number of anilines is 1. The average molecular weight is 463 g/mol. The molecule has 0 bridgehead atoms. The van der Waals surface area contributed by atoms with Crippen LogP contribution in [0, 0.1) is 0 Å². The molecule has 0 unspecified atom stereocenters. The first-order valence-corrected chi connectivity index (χ1v) is 11.9. The number of aromatic amines is 1. The van der Waals surface area contributed by atoms with E-state index >= 15 is 0 Å². The third-order valence-corrected chi connectivity index (χ3v) is 7.25. The molecular weight excluding hydrogens is 436 g/mol. The van der Waals surface area contributed by atoms with Crippen LogP contribution in [0.3, 0.4) is 0 Å². The number of benzene rings is 2. The number of fused-ring (bicyclic) bond motifs is 1. The van der Waals surface area contributed by atoms with Gasteiger partial charge in [-0.25, -0.2) is 4.79 Å². The fourth-order valence-electron chi connectivity index (χ4n) is 4.40. The summed E-state index contributed by atoms with van der Waals surface area (Å²) in [5.74, 6) is 0.878. The van der Waals surface area contributed by atoms with Crippen molar-refractivity contribution in [3.63, 3.8) is 0 Å². The van der Waals surface area contributed by atoms with E-state index in [4.69, 9.17) is 4.74 Å². The van der Waals surface area contributed by atoms with Crippen molar-refractivity contribution in [1.29, 1.82) is 0 Å². The number of rotatable bonds is 6. The van der Waals surface area contributed by atoms with Gasteiger partial charge < -0.3 is 14.6 Å². The molecule has 1 fully saturated rings. The monoisotopic (exact) mass is 462 g/mol. The molecule has 0 aliphatic carbocycles. The average Bonchev–Trinajstić information content (AvgIpc) is 3.28. The second kappa shape index (κ2) is 9.25. The van der Waals surface area contributed by atoms with E-state index in [9.17, 15) is 9.59 Å². The summed E-state index contributed by atoms with van der Waals surface area (Å²) in [4.78, 5) is 34.4. The summed E-state index contributed by atoms with van der Waals surface area (Å²) < 4.78 is 6.82. The number of aromatic nitrogens is 2. The van der Waals surface area contributed by atoms with E-state index < -0.39 is 0 Å². The van der Waals surface area contributed by atoms with E-state index in [0.29, 0.717) is 24.0 Å². The Bertz CT molecular complexity index is 1370. The van der Waals surface area contributed by atoms with Crippen molar-refractivity contribution in [2.75, 3.05) is 44.7 Å². The van der Waals surface area contributed by atoms with Crippen LogP contribution in [0.1, 0.15) is 0 Å². The Hall–Kier alpha value is -3.36. The molecule has 33 heavy (non-hydrogen) atoms. The Kier molecular flexibility index (Phi) is 6.02. The standard InChI is InChI=1S/C25H26N4O3S/c1-32-21-10-6-5-9-20(21)28-14-11-27(12-15-28)13-16-29-24(30)19-17-33-23(22(19)26-25(29)31)18-7-3-2-4-8-18/h2-10,17H,11-16H2,1H3,(H,26,31). The summed E-state index contributed by atoms with van der Waals surface area (Å²) in [5.41, 5.74) is 2.15. The Labute approximate surface area is 195 Å². The van der Waals surface area contributed by atoms with Gasteiger partial charge in [-0.2, -0.15) is 0 Å². The number of nitrogens with one attached hydrogen (secondary N) is 1. The van der Waals surface area contributed by atoms with Crippen LogP contribution >= 0.6 is 11.3 Å². The van der Waals surface area contributed by atoms with Gasteiger partial charge in [-0.3, -0.25) is 14.3 Å². The van der Waals surface area contributed by atoms with E-state index in [2.05, 4.69) is 20.9 Å². The maximum absolute atomic E-state index is 13.1. The van der Waals surface area contributed by atoms with Crippen molar-refractivity contribution in [2.45, 2.75) is 6.54 Å². The van der Waals surface area contributed by atoms with Gasteiger partial charge in [0.2, 0.25) is 0 Å². The van der Waals surface area contributed by atoms with Gasteiger partial charge in [0, 0.05) is 44.6 Å². The SMILES string of the molecule is COc1ccccc1N1CCN(CCn2c(=O)[nH]c3c(-c4ccccc4)scc3c2=O)CC1. The maximum atomic E-state index is 13.1. The summed E-state index contributed by atoms with van der Waals surface area (Å²) in [6.45, 7) is 4.50. The zero-order valence-corrected chi connectivity index (χ0v) is 19.3. The van der Waals surface area contributed by atoms with Crippen LogP contribution in [0.4, 0.5) is 5.69 Å². The fourth-order valence-corrected chi connectivity index (χ4v) is 5.41. The van der Waals surface area contributed by atoms with Gasteiger partial charge in [0.15, 0.2) is 0 Å². The molecule has 0 radical (unpaired) electrons. The van der Waals surface area contributed by atoms with Crippen molar-refractivity contribution in [3.05, 3.63) is 80.8 Å². The molecule has 4 aromatic rings. The molecule has 3 heterocycles. The van der Waals surface area contributed by atoms with Gasteiger partial charge in [-0.05, 0) is 17.7 Å². The number of thiophene rings is 1. The Morgan fingerprint density at radius 1 is 0.939 bits per heavy atom. The molecule has 0 atom stereocenters. The van der Waals surface area contributed by atoms with Crippen molar-refractivity contribution in [2.24, 2.45) is 0 Å². The summed E-state index contributed by atoms with van der Waals surface area (Å²) >= 11 is 1.49. The molecule has 5 rings (SSSR count). The summed E-state index contributed by atoms with van der Waals surface area (Å²) in [7, 11) is 1.69. The zero-order chi connectivity index (χ0) is 22.8. The molecule has 170 valence electrons. The predicted octanol–water partition coefficient (Wildman–Crippen LogP) is 3.25. The Balaban J connectivity index is 1.29. The number of nitrogens with zero attached hydrogens (tertiary/aromatic N) is 3. The molecule has 0 amide bonds. The van der Waals surface area contributed by atoms with Crippen LogP contribution in [0.25, 0.3) is 21.3 Å². The Morgan fingerprint density at radius 2 is 1.67 bits per heavy atom. The number of piperazine rings is 1. The van der Waals surface area contributed by atoms with Crippen LogP contribution in [0.2, 0.25) is 0 Å². The highest BCUT2D eigenvalue weighted by atomic mass is 32.1. The Morgan fingerprint density at radius 3 is 2.42 bits per heavy atom. The molecule has 0 spiro atoms. The van der Waals surface area contributed by atoms with E-state index in [1.165, 1.54) is 15.9 Å². The van der Waals surface area contributed by atoms with Crippen LogP contribution in [0.5, 0.6) is 5.75 Å². The van der Waals surface area contributed by atoms with Crippen LogP contribution < -0.4 is 20.9 Å². The summed E-state index contributed by atoms with van der Waals surface area (Å²) in [5, 5.41) is 2.41. The molecule has 1 N–H and O–H groups in total. The van der Waals surface area contributed by atoms with E-state index in [1.54, 1.807) is 7.11 Å². The quantitative estimate of drug-likeness (QED) is 0.476. The molecule has 2 aromatic heterocycles. The van der Waals surface area contributed by atoms with Gasteiger partial charge in [0.1, 0.15) is 5.75 Å². The molecule has 7 nitrogen and oxygen atoms in total. The van der Waals surface area contributed by atoms with Crippen molar-refractivity contribution < 1.29 is 4.74 Å². The lowest BCUT2D eigenvalue weighted by atomic mass is 10.1. The minimum Gasteiger partial charge on any atom is -0.495 e. The number of hydrogen-bond acceptors (Lipinski definition) is 6. The molecule has 1 aliphatic rings. The highest BCUT2D eigenvalue weighted by Gasteiger charge is 2.20. The topological polar surface area (TPSA) is 70.6 Å². The van der Waals surface area contributed by atoms with Crippen molar-refractivity contribution in [3.8, 4) is 16.2 Å². The van der Waals surface area contributed by atoms with Gasteiger partial charge in [-0.1, -0.05) is 42.5 Å². The number of para-hydroxylation sites is 2.